The molecule has 2 aromatic rings. The lowest BCUT2D eigenvalue weighted by Crippen LogP contribution is -1.99. The topological polar surface area (TPSA) is 26.0 Å². The zero-order valence-corrected chi connectivity index (χ0v) is 12.2. The summed E-state index contributed by atoms with van der Waals surface area (Å²) < 4.78 is 0. The van der Waals surface area contributed by atoms with E-state index in [9.17, 15) is 0 Å². The van der Waals surface area contributed by atoms with Crippen molar-refractivity contribution in [1.29, 1.82) is 0 Å². The maximum absolute atomic E-state index is 6.22. The molecule has 0 saturated carbocycles. The molecule has 0 saturated heterocycles. The predicted molar refractivity (Wildman–Crippen MR) is 79.8 cm³/mol. The van der Waals surface area contributed by atoms with Gasteiger partial charge in [-0.1, -0.05) is 58.5 Å². The van der Waals surface area contributed by atoms with Crippen LogP contribution in [0.3, 0.4) is 0 Å². The molecule has 0 unspecified atom stereocenters. The average molecular weight is 321 g/mol. The van der Waals surface area contributed by atoms with Gasteiger partial charge in [0.2, 0.25) is 0 Å². The molecule has 0 heterocycles. The lowest BCUT2D eigenvalue weighted by Gasteiger charge is -2.13. The van der Waals surface area contributed by atoms with Crippen LogP contribution in [0.2, 0.25) is 20.1 Å². The van der Waals surface area contributed by atoms with Gasteiger partial charge in [0.1, 0.15) is 0 Å². The molecule has 0 amide bonds. The monoisotopic (exact) mass is 319 g/mol. The van der Waals surface area contributed by atoms with Crippen molar-refractivity contribution in [1.82, 2.24) is 0 Å². The second-order valence-electron chi connectivity index (χ2n) is 3.73. The van der Waals surface area contributed by atoms with Gasteiger partial charge >= 0.3 is 0 Å². The molecule has 2 N–H and O–H groups in total. The van der Waals surface area contributed by atoms with E-state index in [1.165, 1.54) is 0 Å². The first-order valence-corrected chi connectivity index (χ1v) is 6.68. The third-order valence-electron chi connectivity index (χ3n) is 2.58. The largest absolute Gasteiger partial charge is 0.326 e. The summed E-state index contributed by atoms with van der Waals surface area (Å²) in [5.41, 5.74) is 8.08. The molecule has 5 heteroatoms. The second-order valence-corrected chi connectivity index (χ2v) is 5.36. The summed E-state index contributed by atoms with van der Waals surface area (Å²) in [7, 11) is 0. The summed E-state index contributed by atoms with van der Waals surface area (Å²) in [4.78, 5) is 0. The molecule has 2 rings (SSSR count). The molecule has 0 aliphatic carbocycles. The molecule has 0 atom stereocenters. The van der Waals surface area contributed by atoms with Crippen LogP contribution in [0.15, 0.2) is 30.3 Å². The molecule has 94 valence electrons. The smallest absolute Gasteiger partial charge is 0.0672 e. The second kappa shape index (κ2) is 5.68. The zero-order chi connectivity index (χ0) is 13.3. The molecular formula is C13H9Cl4N. The van der Waals surface area contributed by atoms with E-state index >= 15 is 0 Å². The Morgan fingerprint density at radius 1 is 0.944 bits per heavy atom. The Balaban J connectivity index is 2.76. The van der Waals surface area contributed by atoms with Crippen LogP contribution in [0.4, 0.5) is 0 Å². The maximum Gasteiger partial charge on any atom is 0.0672 e. The van der Waals surface area contributed by atoms with E-state index in [4.69, 9.17) is 52.1 Å². The number of hydrogen-bond acceptors (Lipinski definition) is 1. The summed E-state index contributed by atoms with van der Waals surface area (Å²) in [6, 6.07) is 8.84. The number of rotatable bonds is 2. The van der Waals surface area contributed by atoms with Crippen LogP contribution in [0.25, 0.3) is 11.1 Å². The van der Waals surface area contributed by atoms with Gasteiger partial charge in [0, 0.05) is 27.7 Å². The van der Waals surface area contributed by atoms with Crippen LogP contribution in [0, 0.1) is 0 Å². The standard InChI is InChI=1S/C13H9Cl4N/c14-8-4-9(13(17)11(16)5-8)12-7(6-18)2-1-3-10(12)15/h1-5H,6,18H2. The summed E-state index contributed by atoms with van der Waals surface area (Å²) in [6.07, 6.45) is 0. The van der Waals surface area contributed by atoms with Gasteiger partial charge < -0.3 is 5.73 Å². The Morgan fingerprint density at radius 2 is 1.67 bits per heavy atom. The normalized spacial score (nSPS) is 10.7. The molecule has 0 fully saturated rings. The first-order valence-electron chi connectivity index (χ1n) is 5.17. The predicted octanol–water partition coefficient (Wildman–Crippen LogP) is 5.43. The summed E-state index contributed by atoms with van der Waals surface area (Å²) in [5, 5.41) is 1.88. The fraction of sp³-hybridized carbons (Fsp3) is 0.0769. The Kier molecular flexibility index (Phi) is 4.41. The van der Waals surface area contributed by atoms with Crippen LogP contribution in [-0.2, 0) is 6.54 Å². The van der Waals surface area contributed by atoms with Gasteiger partial charge in [-0.15, -0.1) is 0 Å². The van der Waals surface area contributed by atoms with Crippen molar-refractivity contribution in [2.24, 2.45) is 5.73 Å². The van der Waals surface area contributed by atoms with Crippen molar-refractivity contribution in [3.63, 3.8) is 0 Å². The van der Waals surface area contributed by atoms with Crippen LogP contribution in [0.1, 0.15) is 5.56 Å². The highest BCUT2D eigenvalue weighted by Gasteiger charge is 2.15. The SMILES string of the molecule is NCc1cccc(Cl)c1-c1cc(Cl)cc(Cl)c1Cl. The molecule has 0 bridgehead atoms. The highest BCUT2D eigenvalue weighted by Crippen LogP contribution is 2.40. The molecule has 1 nitrogen and oxygen atoms in total. The molecule has 0 aliphatic rings. The fourth-order valence-electron chi connectivity index (χ4n) is 1.78. The summed E-state index contributed by atoms with van der Waals surface area (Å²) >= 11 is 24.5. The van der Waals surface area contributed by atoms with Crippen molar-refractivity contribution in [2.75, 3.05) is 0 Å². The van der Waals surface area contributed by atoms with E-state index in [0.29, 0.717) is 32.2 Å². The fourth-order valence-corrected chi connectivity index (χ4v) is 2.77. The Morgan fingerprint density at radius 3 is 2.33 bits per heavy atom. The molecule has 2 aromatic carbocycles. The van der Waals surface area contributed by atoms with Gasteiger partial charge in [0.15, 0.2) is 0 Å². The molecule has 0 radical (unpaired) electrons. The molecule has 0 aromatic heterocycles. The van der Waals surface area contributed by atoms with Crippen LogP contribution < -0.4 is 5.73 Å². The van der Waals surface area contributed by atoms with Crippen molar-refractivity contribution in [3.8, 4) is 11.1 Å². The number of benzene rings is 2. The lowest BCUT2D eigenvalue weighted by molar-refractivity contribution is 1.07. The van der Waals surface area contributed by atoms with E-state index in [1.54, 1.807) is 18.2 Å². The first kappa shape index (κ1) is 14.0. The van der Waals surface area contributed by atoms with Gasteiger partial charge in [0.25, 0.3) is 0 Å². The minimum atomic E-state index is 0.357. The van der Waals surface area contributed by atoms with Gasteiger partial charge in [-0.2, -0.15) is 0 Å². The van der Waals surface area contributed by atoms with E-state index in [1.807, 2.05) is 12.1 Å². The maximum atomic E-state index is 6.22. The molecule has 0 spiro atoms. The van der Waals surface area contributed by atoms with Crippen molar-refractivity contribution < 1.29 is 0 Å². The van der Waals surface area contributed by atoms with Crippen LogP contribution in [-0.4, -0.2) is 0 Å². The third-order valence-corrected chi connectivity index (χ3v) is 3.92. The zero-order valence-electron chi connectivity index (χ0n) is 9.18. The third kappa shape index (κ3) is 2.61. The Labute approximate surface area is 125 Å². The van der Waals surface area contributed by atoms with Crippen LogP contribution >= 0.6 is 46.4 Å². The summed E-state index contributed by atoms with van der Waals surface area (Å²) in [5.74, 6) is 0. The number of halogens is 4. The quantitative estimate of drug-likeness (QED) is 0.734. The molecule has 18 heavy (non-hydrogen) atoms. The van der Waals surface area contributed by atoms with Gasteiger partial charge in [-0.3, -0.25) is 0 Å². The van der Waals surface area contributed by atoms with Gasteiger partial charge in [-0.25, -0.2) is 0 Å². The first-order chi connectivity index (χ1) is 8.54. The van der Waals surface area contributed by atoms with E-state index in [0.717, 1.165) is 11.1 Å². The highest BCUT2D eigenvalue weighted by molar-refractivity contribution is 6.45. The summed E-state index contributed by atoms with van der Waals surface area (Å²) in [6.45, 7) is 0.357. The van der Waals surface area contributed by atoms with Crippen molar-refractivity contribution >= 4 is 46.4 Å². The molecular weight excluding hydrogens is 312 g/mol. The number of nitrogens with two attached hydrogens (primary N) is 1. The number of hydrogen-bond donors (Lipinski definition) is 1. The minimum absolute atomic E-state index is 0.357. The lowest BCUT2D eigenvalue weighted by atomic mass is 9.99. The molecule has 0 aliphatic heterocycles. The van der Waals surface area contributed by atoms with E-state index in [2.05, 4.69) is 0 Å². The van der Waals surface area contributed by atoms with Crippen molar-refractivity contribution in [3.05, 3.63) is 56.0 Å². The van der Waals surface area contributed by atoms with Gasteiger partial charge in [-0.05, 0) is 23.8 Å². The minimum Gasteiger partial charge on any atom is -0.326 e. The van der Waals surface area contributed by atoms with Gasteiger partial charge in [0.05, 0.1) is 10.0 Å². The Hall–Kier alpha value is -0.440. The Bertz CT molecular complexity index is 596. The average Bonchev–Trinajstić information content (AvgIpc) is 2.33. The highest BCUT2D eigenvalue weighted by atomic mass is 35.5. The van der Waals surface area contributed by atoms with Crippen LogP contribution in [0.5, 0.6) is 0 Å². The van der Waals surface area contributed by atoms with Crippen molar-refractivity contribution in [2.45, 2.75) is 6.54 Å². The van der Waals surface area contributed by atoms with E-state index in [-0.39, 0.29) is 0 Å². The van der Waals surface area contributed by atoms with E-state index < -0.39 is 0 Å².